The Morgan fingerprint density at radius 1 is 1.15 bits per heavy atom. The lowest BCUT2D eigenvalue weighted by Crippen LogP contribution is -2.37. The molecule has 6 heteroatoms. The molecule has 112 valence electrons. The number of benzene rings is 1. The Bertz CT molecular complexity index is 441. The van der Waals surface area contributed by atoms with Crippen molar-refractivity contribution in [2.24, 2.45) is 0 Å². The summed E-state index contributed by atoms with van der Waals surface area (Å²) >= 11 is 0. The molecule has 0 spiro atoms. The van der Waals surface area contributed by atoms with Gasteiger partial charge in [-0.3, -0.25) is 4.79 Å². The molecular weight excluding hydrogens is 269 g/mol. The predicted molar refractivity (Wildman–Crippen MR) is 71.1 cm³/mol. The van der Waals surface area contributed by atoms with Crippen LogP contribution in [0.3, 0.4) is 0 Å². The fraction of sp³-hybridized carbons (Fsp3) is 0.500. The second kappa shape index (κ2) is 6.74. The molecule has 1 aromatic carbocycles. The van der Waals surface area contributed by atoms with E-state index < -0.39 is 11.7 Å². The van der Waals surface area contributed by atoms with Gasteiger partial charge in [0.25, 0.3) is 0 Å². The van der Waals surface area contributed by atoms with Crippen molar-refractivity contribution >= 4 is 5.91 Å². The standard InChI is InChI=1S/C14H19F3N2O/c1-9(2)18-8-13(20)19-10(3)11-4-6-12(7-5-11)14(15,16)17/h4-7,9-10,18H,8H2,1-3H3,(H,19,20). The number of hydrogen-bond donors (Lipinski definition) is 2. The van der Waals surface area contributed by atoms with Crippen LogP contribution in [0.1, 0.15) is 37.9 Å². The molecule has 0 aromatic heterocycles. The Balaban J connectivity index is 2.60. The average Bonchev–Trinajstić information content (AvgIpc) is 2.35. The number of carbonyl (C=O) groups excluding carboxylic acids is 1. The van der Waals surface area contributed by atoms with Gasteiger partial charge < -0.3 is 10.6 Å². The normalized spacial score (nSPS) is 13.3. The molecule has 0 bridgehead atoms. The third kappa shape index (κ3) is 5.21. The molecule has 20 heavy (non-hydrogen) atoms. The zero-order valence-electron chi connectivity index (χ0n) is 11.7. The molecule has 0 fully saturated rings. The van der Waals surface area contributed by atoms with Crippen molar-refractivity contribution in [3.05, 3.63) is 35.4 Å². The number of amides is 1. The predicted octanol–water partition coefficient (Wildman–Crippen LogP) is 2.88. The van der Waals surface area contributed by atoms with Gasteiger partial charge in [0.2, 0.25) is 5.91 Å². The van der Waals surface area contributed by atoms with E-state index in [1.54, 1.807) is 6.92 Å². The molecule has 1 atom stereocenters. The Kier molecular flexibility index (Phi) is 5.56. The van der Waals surface area contributed by atoms with Gasteiger partial charge in [0.1, 0.15) is 0 Å². The smallest absolute Gasteiger partial charge is 0.348 e. The fourth-order valence-corrected chi connectivity index (χ4v) is 1.63. The van der Waals surface area contributed by atoms with Gasteiger partial charge in [-0.15, -0.1) is 0 Å². The minimum Gasteiger partial charge on any atom is -0.348 e. The van der Waals surface area contributed by atoms with E-state index in [0.717, 1.165) is 12.1 Å². The summed E-state index contributed by atoms with van der Waals surface area (Å²) in [6.07, 6.45) is -4.34. The molecule has 3 nitrogen and oxygen atoms in total. The van der Waals surface area contributed by atoms with Gasteiger partial charge in [-0.25, -0.2) is 0 Å². The van der Waals surface area contributed by atoms with Crippen LogP contribution in [0.15, 0.2) is 24.3 Å². The highest BCUT2D eigenvalue weighted by Crippen LogP contribution is 2.29. The van der Waals surface area contributed by atoms with Gasteiger partial charge in [-0.1, -0.05) is 26.0 Å². The SMILES string of the molecule is CC(C)NCC(=O)NC(C)c1ccc(C(F)(F)F)cc1. The Hall–Kier alpha value is -1.56. The van der Waals surface area contributed by atoms with Crippen LogP contribution < -0.4 is 10.6 Å². The topological polar surface area (TPSA) is 41.1 Å². The Labute approximate surface area is 116 Å². The van der Waals surface area contributed by atoms with Crippen LogP contribution >= 0.6 is 0 Å². The lowest BCUT2D eigenvalue weighted by molar-refractivity contribution is -0.137. The molecule has 1 unspecified atom stereocenters. The monoisotopic (exact) mass is 288 g/mol. The largest absolute Gasteiger partial charge is 0.416 e. The van der Waals surface area contributed by atoms with Crippen LogP contribution in [0, 0.1) is 0 Å². The maximum atomic E-state index is 12.4. The molecule has 0 aliphatic heterocycles. The second-order valence-electron chi connectivity index (χ2n) is 4.94. The first-order chi connectivity index (χ1) is 9.20. The number of halogens is 3. The fourth-order valence-electron chi connectivity index (χ4n) is 1.63. The van der Waals surface area contributed by atoms with Crippen LogP contribution in [-0.4, -0.2) is 18.5 Å². The first-order valence-corrected chi connectivity index (χ1v) is 6.40. The van der Waals surface area contributed by atoms with Gasteiger partial charge in [0.05, 0.1) is 18.2 Å². The lowest BCUT2D eigenvalue weighted by atomic mass is 10.1. The van der Waals surface area contributed by atoms with E-state index in [2.05, 4.69) is 10.6 Å². The van der Waals surface area contributed by atoms with Crippen molar-refractivity contribution < 1.29 is 18.0 Å². The van der Waals surface area contributed by atoms with Crippen molar-refractivity contribution in [1.82, 2.24) is 10.6 Å². The first-order valence-electron chi connectivity index (χ1n) is 6.40. The van der Waals surface area contributed by atoms with Crippen molar-refractivity contribution in [3.63, 3.8) is 0 Å². The second-order valence-corrected chi connectivity index (χ2v) is 4.94. The number of carbonyl (C=O) groups is 1. The highest BCUT2D eigenvalue weighted by molar-refractivity contribution is 5.78. The highest BCUT2D eigenvalue weighted by atomic mass is 19.4. The number of nitrogens with one attached hydrogen (secondary N) is 2. The van der Waals surface area contributed by atoms with E-state index in [0.29, 0.717) is 5.56 Å². The van der Waals surface area contributed by atoms with Gasteiger partial charge in [0.15, 0.2) is 0 Å². The maximum Gasteiger partial charge on any atom is 0.416 e. The van der Waals surface area contributed by atoms with Crippen LogP contribution in [0.25, 0.3) is 0 Å². The zero-order chi connectivity index (χ0) is 15.3. The molecule has 0 saturated heterocycles. The van der Waals surface area contributed by atoms with Crippen molar-refractivity contribution in [1.29, 1.82) is 0 Å². The lowest BCUT2D eigenvalue weighted by Gasteiger charge is -2.16. The summed E-state index contributed by atoms with van der Waals surface area (Å²) in [4.78, 5) is 11.6. The van der Waals surface area contributed by atoms with E-state index in [-0.39, 0.29) is 24.5 Å². The minimum absolute atomic E-state index is 0.183. The average molecular weight is 288 g/mol. The third-order valence-corrected chi connectivity index (χ3v) is 2.79. The summed E-state index contributed by atoms with van der Waals surface area (Å²) < 4.78 is 37.3. The van der Waals surface area contributed by atoms with Gasteiger partial charge in [-0.2, -0.15) is 13.2 Å². The Morgan fingerprint density at radius 2 is 1.70 bits per heavy atom. The van der Waals surface area contributed by atoms with E-state index in [1.165, 1.54) is 12.1 Å². The van der Waals surface area contributed by atoms with Crippen molar-refractivity contribution in [2.45, 2.75) is 39.0 Å². The van der Waals surface area contributed by atoms with Gasteiger partial charge >= 0.3 is 6.18 Å². The van der Waals surface area contributed by atoms with Crippen molar-refractivity contribution in [2.75, 3.05) is 6.54 Å². The molecule has 1 rings (SSSR count). The zero-order valence-corrected chi connectivity index (χ0v) is 11.7. The number of hydrogen-bond acceptors (Lipinski definition) is 2. The third-order valence-electron chi connectivity index (χ3n) is 2.79. The summed E-state index contributed by atoms with van der Waals surface area (Å²) in [5.74, 6) is -0.189. The molecular formula is C14H19F3N2O. The van der Waals surface area contributed by atoms with Crippen LogP contribution in [0.2, 0.25) is 0 Å². The number of alkyl halides is 3. The molecule has 0 heterocycles. The van der Waals surface area contributed by atoms with E-state index in [9.17, 15) is 18.0 Å². The van der Waals surface area contributed by atoms with Crippen LogP contribution in [-0.2, 0) is 11.0 Å². The molecule has 1 aromatic rings. The molecule has 0 radical (unpaired) electrons. The summed E-state index contributed by atoms with van der Waals surface area (Å²) in [6, 6.07) is 4.66. The quantitative estimate of drug-likeness (QED) is 0.874. The van der Waals surface area contributed by atoms with Gasteiger partial charge in [0, 0.05) is 6.04 Å². The molecule has 0 aliphatic carbocycles. The van der Waals surface area contributed by atoms with E-state index in [4.69, 9.17) is 0 Å². The minimum atomic E-state index is -4.34. The van der Waals surface area contributed by atoms with Crippen LogP contribution in [0.5, 0.6) is 0 Å². The number of rotatable bonds is 5. The molecule has 1 amide bonds. The summed E-state index contributed by atoms with van der Waals surface area (Å²) in [5.41, 5.74) is -0.0582. The summed E-state index contributed by atoms with van der Waals surface area (Å²) in [6.45, 7) is 5.76. The van der Waals surface area contributed by atoms with E-state index in [1.807, 2.05) is 13.8 Å². The van der Waals surface area contributed by atoms with Crippen molar-refractivity contribution in [3.8, 4) is 0 Å². The molecule has 2 N–H and O–H groups in total. The molecule has 0 aliphatic rings. The van der Waals surface area contributed by atoms with Crippen LogP contribution in [0.4, 0.5) is 13.2 Å². The molecule has 0 saturated carbocycles. The summed E-state index contributed by atoms with van der Waals surface area (Å²) in [7, 11) is 0. The Morgan fingerprint density at radius 3 is 2.15 bits per heavy atom. The summed E-state index contributed by atoms with van der Waals surface area (Å²) in [5, 5.41) is 5.70. The maximum absolute atomic E-state index is 12.4. The first kappa shape index (κ1) is 16.5. The van der Waals surface area contributed by atoms with E-state index >= 15 is 0 Å². The highest BCUT2D eigenvalue weighted by Gasteiger charge is 2.30. The van der Waals surface area contributed by atoms with Gasteiger partial charge in [-0.05, 0) is 24.6 Å².